The minimum Gasteiger partial charge on any atom is -0.497 e. The standard InChI is InChI=1S/C13H12O2S2/c1-15-11-5-2-4-10(8-11)12(14)9-17-13-6-3-7-16-13/h2-8H,9H2,1H3. The van der Waals surface area contributed by atoms with Crippen LogP contribution in [0.25, 0.3) is 0 Å². The lowest BCUT2D eigenvalue weighted by Gasteiger charge is -2.03. The molecule has 2 aromatic rings. The predicted molar refractivity (Wildman–Crippen MR) is 72.4 cm³/mol. The minimum absolute atomic E-state index is 0.127. The molecule has 0 unspecified atom stereocenters. The molecule has 0 amide bonds. The highest BCUT2D eigenvalue weighted by molar-refractivity contribution is 8.01. The van der Waals surface area contributed by atoms with Crippen molar-refractivity contribution in [1.82, 2.24) is 0 Å². The van der Waals surface area contributed by atoms with Crippen molar-refractivity contribution in [2.45, 2.75) is 4.21 Å². The molecule has 2 nitrogen and oxygen atoms in total. The topological polar surface area (TPSA) is 26.3 Å². The summed E-state index contributed by atoms with van der Waals surface area (Å²) in [6, 6.07) is 11.3. The maximum absolute atomic E-state index is 11.9. The number of ether oxygens (including phenoxy) is 1. The Hall–Kier alpha value is -1.26. The molecule has 0 saturated carbocycles. The van der Waals surface area contributed by atoms with E-state index < -0.39 is 0 Å². The summed E-state index contributed by atoms with van der Waals surface area (Å²) < 4.78 is 6.27. The number of thioether (sulfide) groups is 1. The van der Waals surface area contributed by atoms with Gasteiger partial charge >= 0.3 is 0 Å². The number of carbonyl (C=O) groups excluding carboxylic acids is 1. The van der Waals surface area contributed by atoms with Gasteiger partial charge in [-0.3, -0.25) is 4.79 Å². The second-order valence-electron chi connectivity index (χ2n) is 3.38. The second kappa shape index (κ2) is 5.89. The van der Waals surface area contributed by atoms with Gasteiger partial charge in [-0.2, -0.15) is 0 Å². The van der Waals surface area contributed by atoms with Crippen molar-refractivity contribution in [2.24, 2.45) is 0 Å². The smallest absolute Gasteiger partial charge is 0.173 e. The van der Waals surface area contributed by atoms with Crippen molar-refractivity contribution in [2.75, 3.05) is 12.9 Å². The summed E-state index contributed by atoms with van der Waals surface area (Å²) in [7, 11) is 1.60. The first-order valence-electron chi connectivity index (χ1n) is 5.13. The van der Waals surface area contributed by atoms with Crippen molar-refractivity contribution in [3.05, 3.63) is 47.3 Å². The summed E-state index contributed by atoms with van der Waals surface area (Å²) in [5.74, 6) is 1.31. The summed E-state index contributed by atoms with van der Waals surface area (Å²) >= 11 is 3.23. The Kier molecular flexibility index (Phi) is 4.23. The van der Waals surface area contributed by atoms with Crippen LogP contribution >= 0.6 is 23.1 Å². The average Bonchev–Trinajstić information content (AvgIpc) is 2.89. The zero-order chi connectivity index (χ0) is 12.1. The van der Waals surface area contributed by atoms with Gasteiger partial charge in [-0.05, 0) is 23.6 Å². The molecule has 1 aromatic carbocycles. The molecule has 0 aliphatic rings. The fourth-order valence-electron chi connectivity index (χ4n) is 1.36. The largest absolute Gasteiger partial charge is 0.497 e. The summed E-state index contributed by atoms with van der Waals surface area (Å²) in [4.78, 5) is 11.9. The molecular formula is C13H12O2S2. The van der Waals surface area contributed by atoms with Crippen molar-refractivity contribution in [3.63, 3.8) is 0 Å². The highest BCUT2D eigenvalue weighted by atomic mass is 32.2. The first-order chi connectivity index (χ1) is 8.29. The van der Waals surface area contributed by atoms with Gasteiger partial charge in [-0.15, -0.1) is 23.1 Å². The number of Topliss-reactive ketones (excluding diaryl/α,β-unsaturated/α-hetero) is 1. The Balaban J connectivity index is 1.99. The maximum atomic E-state index is 11.9. The van der Waals surface area contributed by atoms with Crippen LogP contribution in [-0.2, 0) is 0 Å². The number of methoxy groups -OCH3 is 1. The van der Waals surface area contributed by atoms with Gasteiger partial charge in [0.2, 0.25) is 0 Å². The van der Waals surface area contributed by atoms with E-state index in [2.05, 4.69) is 0 Å². The van der Waals surface area contributed by atoms with Crippen LogP contribution in [0.1, 0.15) is 10.4 Å². The lowest BCUT2D eigenvalue weighted by atomic mass is 10.1. The second-order valence-corrected chi connectivity index (χ2v) is 5.60. The van der Waals surface area contributed by atoms with Gasteiger partial charge in [0.05, 0.1) is 17.1 Å². The monoisotopic (exact) mass is 264 g/mol. The Labute approximate surface area is 109 Å². The fraction of sp³-hybridized carbons (Fsp3) is 0.154. The lowest BCUT2D eigenvalue weighted by Crippen LogP contribution is -2.02. The van der Waals surface area contributed by atoms with E-state index in [9.17, 15) is 4.79 Å². The highest BCUT2D eigenvalue weighted by Gasteiger charge is 2.07. The normalized spacial score (nSPS) is 10.2. The number of rotatable bonds is 5. The molecule has 0 spiro atoms. The van der Waals surface area contributed by atoms with E-state index in [-0.39, 0.29) is 5.78 Å². The van der Waals surface area contributed by atoms with Crippen molar-refractivity contribution in [3.8, 4) is 5.75 Å². The number of thiophene rings is 1. The first kappa shape index (κ1) is 12.2. The van der Waals surface area contributed by atoms with Gasteiger partial charge in [0.1, 0.15) is 5.75 Å². The molecule has 0 aliphatic carbocycles. The Morgan fingerprint density at radius 3 is 2.94 bits per heavy atom. The molecule has 4 heteroatoms. The van der Waals surface area contributed by atoms with Gasteiger partial charge in [0.25, 0.3) is 0 Å². The van der Waals surface area contributed by atoms with Crippen LogP contribution in [0.15, 0.2) is 46.0 Å². The van der Waals surface area contributed by atoms with Crippen LogP contribution in [-0.4, -0.2) is 18.6 Å². The Bertz CT molecular complexity index is 492. The van der Waals surface area contributed by atoms with E-state index in [4.69, 9.17) is 4.74 Å². The number of carbonyl (C=O) groups is 1. The summed E-state index contributed by atoms with van der Waals surface area (Å²) in [6.07, 6.45) is 0. The van der Waals surface area contributed by atoms with Gasteiger partial charge in [-0.25, -0.2) is 0 Å². The summed E-state index contributed by atoms with van der Waals surface area (Å²) in [6.45, 7) is 0. The van der Waals surface area contributed by atoms with E-state index in [0.29, 0.717) is 11.3 Å². The Morgan fingerprint density at radius 1 is 1.35 bits per heavy atom. The molecule has 0 bridgehead atoms. The third-order valence-electron chi connectivity index (χ3n) is 2.23. The van der Waals surface area contributed by atoms with Gasteiger partial charge in [0, 0.05) is 5.56 Å². The van der Waals surface area contributed by atoms with Crippen LogP contribution < -0.4 is 4.74 Å². The van der Waals surface area contributed by atoms with E-state index in [1.54, 1.807) is 36.3 Å². The molecule has 0 fully saturated rings. The van der Waals surface area contributed by atoms with Crippen LogP contribution in [0.4, 0.5) is 0 Å². The first-order valence-corrected chi connectivity index (χ1v) is 6.99. The van der Waals surface area contributed by atoms with Crippen molar-refractivity contribution < 1.29 is 9.53 Å². The van der Waals surface area contributed by atoms with Gasteiger partial charge in [-0.1, -0.05) is 18.2 Å². The van der Waals surface area contributed by atoms with Crippen molar-refractivity contribution >= 4 is 28.9 Å². The zero-order valence-corrected chi connectivity index (χ0v) is 11.0. The van der Waals surface area contributed by atoms with Gasteiger partial charge in [0.15, 0.2) is 5.78 Å². The molecule has 0 atom stereocenters. The molecule has 88 valence electrons. The SMILES string of the molecule is COc1cccc(C(=O)CSc2cccs2)c1. The highest BCUT2D eigenvalue weighted by Crippen LogP contribution is 2.24. The number of hydrogen-bond acceptors (Lipinski definition) is 4. The van der Waals surface area contributed by atoms with E-state index in [1.165, 1.54) is 4.21 Å². The molecule has 1 heterocycles. The summed E-state index contributed by atoms with van der Waals surface area (Å²) in [5.41, 5.74) is 0.702. The molecule has 1 aromatic heterocycles. The van der Waals surface area contributed by atoms with Crippen LogP contribution in [0.2, 0.25) is 0 Å². The third kappa shape index (κ3) is 3.35. The maximum Gasteiger partial charge on any atom is 0.173 e. The number of hydrogen-bond donors (Lipinski definition) is 0. The van der Waals surface area contributed by atoms with Crippen LogP contribution in [0, 0.1) is 0 Å². The average molecular weight is 264 g/mol. The van der Waals surface area contributed by atoms with E-state index in [0.717, 1.165) is 5.75 Å². The Morgan fingerprint density at radius 2 is 2.24 bits per heavy atom. The fourth-order valence-corrected chi connectivity index (χ4v) is 3.04. The van der Waals surface area contributed by atoms with E-state index >= 15 is 0 Å². The molecule has 0 aliphatic heterocycles. The molecule has 17 heavy (non-hydrogen) atoms. The molecule has 2 rings (SSSR count). The zero-order valence-electron chi connectivity index (χ0n) is 9.38. The molecule has 0 N–H and O–H groups in total. The van der Waals surface area contributed by atoms with Crippen molar-refractivity contribution in [1.29, 1.82) is 0 Å². The summed E-state index contributed by atoms with van der Waals surface area (Å²) in [5, 5.41) is 2.01. The predicted octanol–water partition coefficient (Wildman–Crippen LogP) is 3.73. The lowest BCUT2D eigenvalue weighted by molar-refractivity contribution is 0.102. The molecule has 0 saturated heterocycles. The molecular weight excluding hydrogens is 252 g/mol. The quantitative estimate of drug-likeness (QED) is 0.608. The van der Waals surface area contributed by atoms with Crippen LogP contribution in [0.5, 0.6) is 5.75 Å². The number of ketones is 1. The molecule has 0 radical (unpaired) electrons. The van der Waals surface area contributed by atoms with Gasteiger partial charge < -0.3 is 4.74 Å². The third-order valence-corrected chi connectivity index (χ3v) is 4.36. The minimum atomic E-state index is 0.127. The van der Waals surface area contributed by atoms with E-state index in [1.807, 2.05) is 35.7 Å². The number of benzene rings is 1. The van der Waals surface area contributed by atoms with Crippen LogP contribution in [0.3, 0.4) is 0 Å².